The van der Waals surface area contributed by atoms with Gasteiger partial charge in [0.1, 0.15) is 11.3 Å². The molecule has 1 aliphatic heterocycles. The summed E-state index contributed by atoms with van der Waals surface area (Å²) >= 11 is 0. The van der Waals surface area contributed by atoms with Crippen molar-refractivity contribution in [3.8, 4) is 0 Å². The lowest BCUT2D eigenvalue weighted by Gasteiger charge is -2.36. The molecule has 202 valence electrons. The van der Waals surface area contributed by atoms with Gasteiger partial charge in [0.2, 0.25) is 0 Å². The second kappa shape index (κ2) is 11.3. The number of amides is 1. The van der Waals surface area contributed by atoms with Crippen LogP contribution < -0.4 is 0 Å². The van der Waals surface area contributed by atoms with Gasteiger partial charge in [0, 0.05) is 31.0 Å². The molecule has 0 bridgehead atoms. The predicted molar refractivity (Wildman–Crippen MR) is 141 cm³/mol. The number of benzene rings is 1. The predicted octanol–water partition coefficient (Wildman–Crippen LogP) is 5.29. The average Bonchev–Trinajstić information content (AvgIpc) is 3.48. The number of methoxy groups -OCH3 is 1. The molecule has 8 nitrogen and oxygen atoms in total. The monoisotopic (exact) mass is 512 g/mol. The summed E-state index contributed by atoms with van der Waals surface area (Å²) < 4.78 is 16.3. The van der Waals surface area contributed by atoms with E-state index in [-0.39, 0.29) is 24.2 Å². The van der Waals surface area contributed by atoms with Crippen molar-refractivity contribution < 1.29 is 28.6 Å². The zero-order chi connectivity index (χ0) is 26.7. The number of Topliss-reactive ketones (excluding diaryl/α,β-unsaturated/α-hetero) is 1. The van der Waals surface area contributed by atoms with Gasteiger partial charge in [-0.2, -0.15) is 0 Å². The Bertz CT molecular complexity index is 1130. The highest BCUT2D eigenvalue weighted by atomic mass is 16.6. The maximum Gasteiger partial charge on any atom is 0.410 e. The summed E-state index contributed by atoms with van der Waals surface area (Å²) in [6, 6.07) is 6.96. The number of H-pyrrole nitrogens is 1. The Labute approximate surface area is 219 Å². The minimum Gasteiger partial charge on any atom is -0.461 e. The van der Waals surface area contributed by atoms with E-state index in [4.69, 9.17) is 14.2 Å². The van der Waals surface area contributed by atoms with Gasteiger partial charge in [-0.25, -0.2) is 9.59 Å². The van der Waals surface area contributed by atoms with Crippen LogP contribution in [0.2, 0.25) is 0 Å². The summed E-state index contributed by atoms with van der Waals surface area (Å²) in [5.74, 6) is 0.125. The molecule has 1 saturated carbocycles. The molecule has 0 unspecified atom stereocenters. The Hall–Kier alpha value is -2.87. The van der Waals surface area contributed by atoms with Gasteiger partial charge in [-0.1, -0.05) is 6.07 Å². The smallest absolute Gasteiger partial charge is 0.410 e. The number of aromatic nitrogens is 1. The maximum atomic E-state index is 13.8. The summed E-state index contributed by atoms with van der Waals surface area (Å²) in [6.45, 7) is 8.13. The van der Waals surface area contributed by atoms with Gasteiger partial charge in [-0.3, -0.25) is 9.69 Å². The minimum absolute atomic E-state index is 0.0303. The molecule has 1 saturated heterocycles. The van der Waals surface area contributed by atoms with Crippen molar-refractivity contribution in [3.05, 3.63) is 35.5 Å². The van der Waals surface area contributed by atoms with Gasteiger partial charge in [0.25, 0.3) is 0 Å². The fraction of sp³-hybridized carbons (Fsp3) is 0.621. The van der Waals surface area contributed by atoms with E-state index in [0.29, 0.717) is 24.8 Å². The average molecular weight is 513 g/mol. The van der Waals surface area contributed by atoms with Gasteiger partial charge in [0.05, 0.1) is 18.8 Å². The van der Waals surface area contributed by atoms with Crippen LogP contribution in [0.15, 0.2) is 24.3 Å². The maximum absolute atomic E-state index is 13.8. The number of ketones is 1. The first-order chi connectivity index (χ1) is 17.6. The lowest BCUT2D eigenvalue weighted by molar-refractivity contribution is -0.124. The highest BCUT2D eigenvalue weighted by Crippen LogP contribution is 2.40. The van der Waals surface area contributed by atoms with Crippen LogP contribution in [-0.4, -0.2) is 65.7 Å². The summed E-state index contributed by atoms with van der Waals surface area (Å²) in [4.78, 5) is 43.8. The second-order valence-electron chi connectivity index (χ2n) is 11.3. The highest BCUT2D eigenvalue weighted by molar-refractivity contribution is 5.96. The van der Waals surface area contributed by atoms with Crippen LogP contribution in [0.5, 0.6) is 0 Å². The Morgan fingerprint density at radius 2 is 1.78 bits per heavy atom. The summed E-state index contributed by atoms with van der Waals surface area (Å²) in [7, 11) is 1.76. The van der Waals surface area contributed by atoms with Crippen molar-refractivity contribution in [1.82, 2.24) is 9.88 Å². The fourth-order valence-corrected chi connectivity index (χ4v) is 5.92. The van der Waals surface area contributed by atoms with Crippen LogP contribution in [0.4, 0.5) is 4.79 Å². The molecular formula is C29H40N2O6. The highest BCUT2D eigenvalue weighted by Gasteiger charge is 2.46. The quantitative estimate of drug-likeness (QED) is 0.507. The minimum atomic E-state index is -0.630. The molecule has 1 aliphatic carbocycles. The number of rotatable bonds is 7. The van der Waals surface area contributed by atoms with E-state index >= 15 is 0 Å². The number of hydrogen-bond donors (Lipinski definition) is 1. The third-order valence-corrected chi connectivity index (χ3v) is 7.62. The largest absolute Gasteiger partial charge is 0.461 e. The van der Waals surface area contributed by atoms with E-state index in [9.17, 15) is 14.4 Å². The molecule has 1 aromatic carbocycles. The van der Waals surface area contributed by atoms with E-state index in [0.717, 1.165) is 48.6 Å². The summed E-state index contributed by atoms with van der Waals surface area (Å²) in [6.07, 6.45) is 4.85. The number of likely N-dealkylation sites (tertiary alicyclic amines) is 1. The first kappa shape index (κ1) is 27.2. The third kappa shape index (κ3) is 6.35. The first-order valence-corrected chi connectivity index (χ1v) is 13.4. The zero-order valence-electron chi connectivity index (χ0n) is 22.7. The van der Waals surface area contributed by atoms with Crippen LogP contribution in [0.1, 0.15) is 75.9 Å². The Morgan fingerprint density at radius 3 is 2.43 bits per heavy atom. The zero-order valence-corrected chi connectivity index (χ0v) is 22.7. The molecule has 1 N–H and O–H groups in total. The van der Waals surface area contributed by atoms with E-state index in [1.807, 2.05) is 39.0 Å². The number of esters is 1. The van der Waals surface area contributed by atoms with Crippen LogP contribution in [0.25, 0.3) is 10.9 Å². The number of ether oxygens (including phenoxy) is 3. The molecule has 8 heteroatoms. The number of carbonyl (C=O) groups is 3. The van der Waals surface area contributed by atoms with Gasteiger partial charge in [-0.05, 0) is 95.4 Å². The Morgan fingerprint density at radius 1 is 1.05 bits per heavy atom. The lowest BCUT2D eigenvalue weighted by atomic mass is 9.74. The van der Waals surface area contributed by atoms with Crippen molar-refractivity contribution in [2.24, 2.45) is 11.8 Å². The molecule has 1 amide bonds. The van der Waals surface area contributed by atoms with Gasteiger partial charge < -0.3 is 19.2 Å². The number of aromatic amines is 1. The number of hydrogen-bond acceptors (Lipinski definition) is 6. The Balaban J connectivity index is 1.55. The van der Waals surface area contributed by atoms with Crippen LogP contribution in [-0.2, 0) is 25.4 Å². The molecule has 37 heavy (non-hydrogen) atoms. The summed E-state index contributed by atoms with van der Waals surface area (Å²) in [5.41, 5.74) is 1.42. The van der Waals surface area contributed by atoms with Gasteiger partial charge in [0.15, 0.2) is 5.78 Å². The molecule has 0 radical (unpaired) electrons. The molecule has 2 heterocycles. The van der Waals surface area contributed by atoms with Crippen LogP contribution >= 0.6 is 0 Å². The molecule has 0 spiro atoms. The molecular weight excluding hydrogens is 472 g/mol. The molecule has 2 atom stereocenters. The van der Waals surface area contributed by atoms with E-state index in [1.165, 1.54) is 0 Å². The van der Waals surface area contributed by atoms with Crippen molar-refractivity contribution in [3.63, 3.8) is 0 Å². The van der Waals surface area contributed by atoms with Crippen molar-refractivity contribution in [2.75, 3.05) is 20.3 Å². The van der Waals surface area contributed by atoms with E-state index in [2.05, 4.69) is 4.98 Å². The van der Waals surface area contributed by atoms with Crippen LogP contribution in [0.3, 0.4) is 0 Å². The fourth-order valence-electron chi connectivity index (χ4n) is 5.92. The molecule has 2 aromatic rings. The Kier molecular flexibility index (Phi) is 8.26. The van der Waals surface area contributed by atoms with Crippen molar-refractivity contribution >= 4 is 28.7 Å². The molecule has 4 rings (SSSR count). The number of carbonyl (C=O) groups excluding carboxylic acids is 3. The van der Waals surface area contributed by atoms with Gasteiger partial charge >= 0.3 is 12.1 Å². The molecule has 1 aromatic heterocycles. The standard InChI is InChI=1S/C29H40N2O6/c1-6-36-27(33)24-17-20-15-18(7-12-23(20)30-24)16-25(32)26-22(19-8-10-21(35-5)11-9-19)13-14-31(26)28(34)37-29(2,3)4/h7,12,15,17,19,21-22,26,30H,6,8-11,13-14,16H2,1-5H3/t19?,21?,22-,26-/m0/s1. The number of nitrogens with zero attached hydrogens (tertiary/aromatic N) is 1. The van der Waals surface area contributed by atoms with E-state index < -0.39 is 23.7 Å². The SMILES string of the molecule is CCOC(=O)c1cc2cc(CC(=O)[C@@H]3[C@H](C4CCC(OC)CC4)CCN3C(=O)OC(C)(C)C)ccc2[nH]1. The third-order valence-electron chi connectivity index (χ3n) is 7.62. The molecule has 2 aliphatic rings. The van der Waals surface area contributed by atoms with Crippen LogP contribution in [0, 0.1) is 11.8 Å². The normalized spacial score (nSPS) is 24.3. The molecule has 2 fully saturated rings. The van der Waals surface area contributed by atoms with E-state index in [1.54, 1.807) is 25.0 Å². The van der Waals surface area contributed by atoms with Crippen molar-refractivity contribution in [2.45, 2.75) is 84.0 Å². The first-order valence-electron chi connectivity index (χ1n) is 13.4. The number of nitrogens with one attached hydrogen (secondary N) is 1. The number of fused-ring (bicyclic) bond motifs is 1. The lowest BCUT2D eigenvalue weighted by Crippen LogP contribution is -2.47. The topological polar surface area (TPSA) is 97.9 Å². The van der Waals surface area contributed by atoms with Gasteiger partial charge in [-0.15, -0.1) is 0 Å². The second-order valence-corrected chi connectivity index (χ2v) is 11.3. The summed E-state index contributed by atoms with van der Waals surface area (Å²) in [5, 5.41) is 0.846. The van der Waals surface area contributed by atoms with Crippen molar-refractivity contribution in [1.29, 1.82) is 0 Å².